The molecule has 0 radical (unpaired) electrons. The molecule has 0 aromatic rings. The molecule has 7 heavy (non-hydrogen) atoms. The van der Waals surface area contributed by atoms with E-state index in [9.17, 15) is 0 Å². The third-order valence-electron chi connectivity index (χ3n) is 0. The Balaban J connectivity index is -0.0000000800. The van der Waals surface area contributed by atoms with Crippen LogP contribution in [0.4, 0.5) is 0 Å². The summed E-state index contributed by atoms with van der Waals surface area (Å²) in [6.45, 7) is 0. The van der Waals surface area contributed by atoms with Gasteiger partial charge < -0.3 is 20.8 Å². The summed E-state index contributed by atoms with van der Waals surface area (Å²) in [5.41, 5.74) is 0. The number of phosphoric acid groups is 1. The summed E-state index contributed by atoms with van der Waals surface area (Å²) in [4.78, 5) is 21.6. The fourth-order valence-corrected chi connectivity index (χ4v) is 0. The SMILES string of the molecule is N.O=P(O)(O)O.[Mo]. The van der Waals surface area contributed by atoms with Crippen LogP contribution >= 0.6 is 7.82 Å². The second-order valence-electron chi connectivity index (χ2n) is 0.513. The normalized spacial score (nSPS) is 8.43. The minimum atomic E-state index is -4.64. The fraction of sp³-hybridized carbons (Fsp3) is 0. The van der Waals surface area contributed by atoms with Crippen LogP contribution in [0.15, 0.2) is 0 Å². The van der Waals surface area contributed by atoms with E-state index in [1.54, 1.807) is 0 Å². The minimum Gasteiger partial charge on any atom is -0.344 e. The van der Waals surface area contributed by atoms with Crippen LogP contribution < -0.4 is 6.15 Å². The molecule has 46 valence electrons. The average molecular weight is 211 g/mol. The number of hydrogen-bond acceptors (Lipinski definition) is 2. The van der Waals surface area contributed by atoms with Gasteiger partial charge in [-0.2, -0.15) is 0 Å². The maximum atomic E-state index is 8.88. The third-order valence-corrected chi connectivity index (χ3v) is 0. The minimum absolute atomic E-state index is 0. The molecule has 0 fully saturated rings. The van der Waals surface area contributed by atoms with E-state index in [0.717, 1.165) is 0 Å². The molecule has 0 rings (SSSR count). The van der Waals surface area contributed by atoms with Gasteiger partial charge in [0, 0.05) is 21.1 Å². The molecular weight excluding hydrogens is 205 g/mol. The van der Waals surface area contributed by atoms with Gasteiger partial charge in [-0.05, 0) is 0 Å². The third kappa shape index (κ3) is 266. The van der Waals surface area contributed by atoms with Crippen LogP contribution in [0.5, 0.6) is 0 Å². The maximum absolute atomic E-state index is 8.88. The van der Waals surface area contributed by atoms with E-state index < -0.39 is 7.82 Å². The van der Waals surface area contributed by atoms with Crippen LogP contribution in [-0.4, -0.2) is 14.7 Å². The molecule has 0 aromatic heterocycles. The van der Waals surface area contributed by atoms with Crippen molar-refractivity contribution in [3.05, 3.63) is 0 Å². The van der Waals surface area contributed by atoms with E-state index in [0.29, 0.717) is 0 Å². The average Bonchev–Trinajstić information content (AvgIpc) is 0.722. The van der Waals surface area contributed by atoms with Crippen LogP contribution in [-0.2, 0) is 25.6 Å². The summed E-state index contributed by atoms with van der Waals surface area (Å²) >= 11 is 0. The van der Waals surface area contributed by atoms with Crippen molar-refractivity contribution in [2.45, 2.75) is 0 Å². The quantitative estimate of drug-likeness (QED) is 0.310. The first-order chi connectivity index (χ1) is 2.00. The van der Waals surface area contributed by atoms with Crippen molar-refractivity contribution in [2.24, 2.45) is 0 Å². The molecule has 0 aromatic carbocycles. The van der Waals surface area contributed by atoms with Gasteiger partial charge in [-0.3, -0.25) is 0 Å². The molecule has 0 saturated heterocycles. The Kier molecular flexibility index (Phi) is 11.0. The summed E-state index contributed by atoms with van der Waals surface area (Å²) < 4.78 is 8.88. The summed E-state index contributed by atoms with van der Waals surface area (Å²) in [7, 11) is -4.64. The molecule has 0 aliphatic carbocycles. The standard InChI is InChI=1S/Mo.H3N.H3O4P/c;;1-5(2,3)4/h;1H3;(H3,1,2,3,4). The van der Waals surface area contributed by atoms with Crippen molar-refractivity contribution in [3.8, 4) is 0 Å². The molecule has 0 spiro atoms. The van der Waals surface area contributed by atoms with E-state index in [-0.39, 0.29) is 27.2 Å². The molecule has 0 atom stereocenters. The summed E-state index contributed by atoms with van der Waals surface area (Å²) in [5.74, 6) is 0. The molecular formula is H6MoNO4P. The first-order valence-corrected chi connectivity index (χ1v) is 2.35. The molecule has 0 amide bonds. The van der Waals surface area contributed by atoms with Crippen LogP contribution in [0.2, 0.25) is 0 Å². The van der Waals surface area contributed by atoms with Gasteiger partial charge in [-0.1, -0.05) is 0 Å². The van der Waals surface area contributed by atoms with Gasteiger partial charge in [0.15, 0.2) is 0 Å². The second-order valence-corrected chi connectivity index (χ2v) is 1.54. The molecule has 0 heterocycles. The van der Waals surface area contributed by atoms with Gasteiger partial charge in [0.2, 0.25) is 0 Å². The predicted octanol–water partition coefficient (Wildman–Crippen LogP) is -0.769. The second kappa shape index (κ2) is 4.91. The molecule has 0 saturated carbocycles. The Labute approximate surface area is 54.8 Å². The Morgan fingerprint density at radius 2 is 1.14 bits per heavy atom. The Morgan fingerprint density at radius 1 is 1.14 bits per heavy atom. The first-order valence-electron chi connectivity index (χ1n) is 0.783. The molecule has 6 N–H and O–H groups in total. The van der Waals surface area contributed by atoms with E-state index in [1.165, 1.54) is 0 Å². The number of rotatable bonds is 0. The molecule has 0 aliphatic heterocycles. The van der Waals surface area contributed by atoms with Crippen LogP contribution in [0, 0.1) is 0 Å². The zero-order chi connectivity index (χ0) is 4.50. The first kappa shape index (κ1) is 15.7. The van der Waals surface area contributed by atoms with Gasteiger partial charge in [0.1, 0.15) is 0 Å². The maximum Gasteiger partial charge on any atom is 0.466 e. The van der Waals surface area contributed by atoms with E-state index in [2.05, 4.69) is 0 Å². The van der Waals surface area contributed by atoms with Crippen LogP contribution in [0.3, 0.4) is 0 Å². The van der Waals surface area contributed by atoms with Gasteiger partial charge in [0.05, 0.1) is 0 Å². The Hall–Kier alpha value is 0.758. The Bertz CT molecular complexity index is 57.8. The van der Waals surface area contributed by atoms with Crippen molar-refractivity contribution in [2.75, 3.05) is 0 Å². The van der Waals surface area contributed by atoms with E-state index >= 15 is 0 Å². The summed E-state index contributed by atoms with van der Waals surface area (Å²) in [6, 6.07) is 0. The Morgan fingerprint density at radius 3 is 1.14 bits per heavy atom. The zero-order valence-corrected chi connectivity index (χ0v) is 6.21. The molecule has 0 aliphatic rings. The van der Waals surface area contributed by atoms with Crippen molar-refractivity contribution in [1.82, 2.24) is 6.15 Å². The smallest absolute Gasteiger partial charge is 0.344 e. The monoisotopic (exact) mass is 213 g/mol. The molecule has 5 nitrogen and oxygen atoms in total. The van der Waals surface area contributed by atoms with Crippen LogP contribution in [0.25, 0.3) is 0 Å². The summed E-state index contributed by atoms with van der Waals surface area (Å²) in [5, 5.41) is 0. The largest absolute Gasteiger partial charge is 0.466 e. The molecule has 0 bridgehead atoms. The fourth-order valence-electron chi connectivity index (χ4n) is 0. The van der Waals surface area contributed by atoms with Gasteiger partial charge in [0.25, 0.3) is 0 Å². The zero-order valence-electron chi connectivity index (χ0n) is 3.31. The van der Waals surface area contributed by atoms with Crippen molar-refractivity contribution < 1.29 is 40.3 Å². The molecule has 7 heteroatoms. The summed E-state index contributed by atoms with van der Waals surface area (Å²) in [6.07, 6.45) is 0. The van der Waals surface area contributed by atoms with Crippen molar-refractivity contribution >= 4 is 7.82 Å². The van der Waals surface area contributed by atoms with E-state index in [4.69, 9.17) is 19.2 Å². The van der Waals surface area contributed by atoms with Gasteiger partial charge >= 0.3 is 7.82 Å². The van der Waals surface area contributed by atoms with Crippen molar-refractivity contribution in [1.29, 1.82) is 0 Å². The van der Waals surface area contributed by atoms with Crippen molar-refractivity contribution in [3.63, 3.8) is 0 Å². The van der Waals surface area contributed by atoms with Crippen LogP contribution in [0.1, 0.15) is 0 Å². The van der Waals surface area contributed by atoms with E-state index in [1.807, 2.05) is 0 Å². The molecule has 0 unspecified atom stereocenters. The van der Waals surface area contributed by atoms with Gasteiger partial charge in [-0.25, -0.2) is 4.57 Å². The topological polar surface area (TPSA) is 113 Å². The van der Waals surface area contributed by atoms with Gasteiger partial charge in [-0.15, -0.1) is 0 Å². The number of hydrogen-bond donors (Lipinski definition) is 4. The predicted molar refractivity (Wildman–Crippen MR) is 19.3 cm³/mol.